The first-order valence-electron chi connectivity index (χ1n) is 12.8. The molecule has 0 unspecified atom stereocenters. The summed E-state index contributed by atoms with van der Waals surface area (Å²) in [7, 11) is 0. The van der Waals surface area contributed by atoms with Crippen LogP contribution in [0.1, 0.15) is 44.1 Å². The van der Waals surface area contributed by atoms with Gasteiger partial charge in [0.1, 0.15) is 0 Å². The predicted molar refractivity (Wildman–Crippen MR) is 143 cm³/mol. The smallest absolute Gasteiger partial charge is 0.312 e. The van der Waals surface area contributed by atoms with E-state index in [2.05, 4.69) is 0 Å². The van der Waals surface area contributed by atoms with E-state index >= 15 is 0 Å². The summed E-state index contributed by atoms with van der Waals surface area (Å²) < 4.78 is 5.70. The van der Waals surface area contributed by atoms with Gasteiger partial charge in [-0.15, -0.1) is 11.3 Å². The number of hydrogen-bond donors (Lipinski definition) is 1. The van der Waals surface area contributed by atoms with E-state index in [0.717, 1.165) is 48.9 Å². The maximum absolute atomic E-state index is 13.5. The van der Waals surface area contributed by atoms with Crippen LogP contribution in [0, 0.1) is 17.3 Å². The Morgan fingerprint density at radius 2 is 1.76 bits per heavy atom. The summed E-state index contributed by atoms with van der Waals surface area (Å²) in [6.45, 7) is -0.0309. The minimum Gasteiger partial charge on any atom is -0.455 e. The van der Waals surface area contributed by atoms with E-state index in [1.807, 2.05) is 60.0 Å². The number of thiazole rings is 1. The lowest BCUT2D eigenvalue weighted by Gasteiger charge is -2.58. The lowest BCUT2D eigenvalue weighted by atomic mass is 9.48. The Kier molecular flexibility index (Phi) is 6.33. The maximum atomic E-state index is 13.5. The first-order chi connectivity index (χ1) is 17.8. The summed E-state index contributed by atoms with van der Waals surface area (Å²) in [6, 6.07) is 17.1. The average Bonchev–Trinajstić information content (AvgIpc) is 3.35. The minimum absolute atomic E-state index is 0.319. The van der Waals surface area contributed by atoms with E-state index in [-0.39, 0.29) is 18.5 Å². The molecule has 1 heterocycles. The fourth-order valence-electron chi connectivity index (χ4n) is 6.98. The fourth-order valence-corrected chi connectivity index (χ4v) is 7.96. The third kappa shape index (κ3) is 4.92. The molecule has 4 aliphatic rings. The van der Waals surface area contributed by atoms with Crippen molar-refractivity contribution in [3.8, 4) is 11.3 Å². The molecular weight excluding hydrogens is 508 g/mol. The molecule has 4 aliphatic carbocycles. The fraction of sp³-hybridized carbons (Fsp3) is 0.414. The van der Waals surface area contributed by atoms with E-state index in [9.17, 15) is 14.7 Å². The number of rotatable bonds is 7. The highest BCUT2D eigenvalue weighted by molar-refractivity contribution is 7.14. The molecule has 0 radical (unpaired) electrons. The van der Waals surface area contributed by atoms with Gasteiger partial charge in [0.2, 0.25) is 0 Å². The van der Waals surface area contributed by atoms with Gasteiger partial charge in [-0.05, 0) is 68.1 Å². The van der Waals surface area contributed by atoms with Crippen LogP contribution in [0.5, 0.6) is 0 Å². The third-order valence-electron chi connectivity index (χ3n) is 8.14. The second kappa shape index (κ2) is 9.53. The van der Waals surface area contributed by atoms with E-state index in [1.165, 1.54) is 11.3 Å². The van der Waals surface area contributed by atoms with Crippen molar-refractivity contribution in [2.75, 3.05) is 11.5 Å². The molecule has 1 aromatic heterocycles. The van der Waals surface area contributed by atoms with Gasteiger partial charge in [-0.3, -0.25) is 14.5 Å². The molecule has 0 aliphatic heterocycles. The normalized spacial score (nSPS) is 27.7. The molecular formula is C29H29ClN2O4S. The largest absolute Gasteiger partial charge is 0.455 e. The van der Waals surface area contributed by atoms with Crippen LogP contribution in [0.15, 0.2) is 60.0 Å². The number of carbonyl (C=O) groups is 2. The van der Waals surface area contributed by atoms with Gasteiger partial charge in [-0.25, -0.2) is 4.98 Å². The van der Waals surface area contributed by atoms with Crippen molar-refractivity contribution in [3.05, 3.63) is 70.6 Å². The first-order valence-corrected chi connectivity index (χ1v) is 14.0. The number of aliphatic hydroxyl groups is 1. The van der Waals surface area contributed by atoms with E-state index in [1.54, 1.807) is 4.90 Å². The standard InChI is InChI=1S/C29H29ClN2O4S/c30-23-8-6-22(7-9-23)24-17-37-27(31-24)32(15-19-4-2-1-3-5-19)25(33)16-36-26(34)28-11-20-10-21(12-28)14-29(35,13-20)18-28/h1-9,17,20-21,35H,10-16,18H2/t20-,21-,28?,29?/m1/s1. The van der Waals surface area contributed by atoms with Crippen molar-refractivity contribution in [1.82, 2.24) is 4.98 Å². The molecule has 4 fully saturated rings. The van der Waals surface area contributed by atoms with Crippen molar-refractivity contribution < 1.29 is 19.4 Å². The highest BCUT2D eigenvalue weighted by Crippen LogP contribution is 2.62. The van der Waals surface area contributed by atoms with Gasteiger partial charge in [-0.2, -0.15) is 0 Å². The number of anilines is 1. The van der Waals surface area contributed by atoms with Crippen LogP contribution in [-0.4, -0.2) is 34.2 Å². The van der Waals surface area contributed by atoms with Crippen molar-refractivity contribution in [2.45, 2.75) is 50.7 Å². The van der Waals surface area contributed by atoms with Crippen LogP contribution in [0.2, 0.25) is 5.02 Å². The van der Waals surface area contributed by atoms with Gasteiger partial charge < -0.3 is 9.84 Å². The monoisotopic (exact) mass is 536 g/mol. The Morgan fingerprint density at radius 1 is 1.05 bits per heavy atom. The summed E-state index contributed by atoms with van der Waals surface area (Å²) in [5, 5.41) is 14.1. The van der Waals surface area contributed by atoms with Crippen LogP contribution < -0.4 is 4.90 Å². The Labute approximate surface area is 225 Å². The van der Waals surface area contributed by atoms with Crippen molar-refractivity contribution in [2.24, 2.45) is 17.3 Å². The number of hydrogen-bond acceptors (Lipinski definition) is 6. The zero-order valence-corrected chi connectivity index (χ0v) is 22.0. The van der Waals surface area contributed by atoms with Crippen LogP contribution in [0.3, 0.4) is 0 Å². The summed E-state index contributed by atoms with van der Waals surface area (Å²) in [6.07, 6.45) is 4.60. The molecule has 192 valence electrons. The lowest BCUT2D eigenvalue weighted by Crippen LogP contribution is -2.58. The summed E-state index contributed by atoms with van der Waals surface area (Å²) in [5.41, 5.74) is 1.19. The van der Waals surface area contributed by atoms with Crippen LogP contribution in [-0.2, 0) is 20.9 Å². The molecule has 37 heavy (non-hydrogen) atoms. The van der Waals surface area contributed by atoms with Crippen LogP contribution in [0.4, 0.5) is 5.13 Å². The number of benzene rings is 2. The molecule has 4 saturated carbocycles. The molecule has 1 N–H and O–H groups in total. The maximum Gasteiger partial charge on any atom is 0.312 e. The minimum atomic E-state index is -0.759. The highest BCUT2D eigenvalue weighted by Gasteiger charge is 2.61. The molecule has 0 spiro atoms. The first kappa shape index (κ1) is 24.6. The molecule has 8 heteroatoms. The topological polar surface area (TPSA) is 79.7 Å². The van der Waals surface area contributed by atoms with Gasteiger partial charge in [0, 0.05) is 16.0 Å². The van der Waals surface area contributed by atoms with Gasteiger partial charge in [-0.1, -0.05) is 54.1 Å². The molecule has 2 atom stereocenters. The molecule has 6 nitrogen and oxygen atoms in total. The molecule has 3 aromatic rings. The van der Waals surface area contributed by atoms with E-state index < -0.39 is 11.0 Å². The van der Waals surface area contributed by atoms with Crippen molar-refractivity contribution in [3.63, 3.8) is 0 Å². The van der Waals surface area contributed by atoms with Crippen molar-refractivity contribution in [1.29, 1.82) is 0 Å². The van der Waals surface area contributed by atoms with Gasteiger partial charge in [0.25, 0.3) is 5.91 Å². The van der Waals surface area contributed by atoms with E-state index in [0.29, 0.717) is 35.0 Å². The third-order valence-corrected chi connectivity index (χ3v) is 9.25. The van der Waals surface area contributed by atoms with Crippen LogP contribution >= 0.6 is 22.9 Å². The number of aromatic nitrogens is 1. The van der Waals surface area contributed by atoms with Gasteiger partial charge >= 0.3 is 5.97 Å². The summed E-state index contributed by atoms with van der Waals surface area (Å²) in [5.74, 6) is 0.0723. The SMILES string of the molecule is O=C(COC(=O)C12C[C@H]3C[C@@H](CC(O)(C3)C1)C2)N(Cc1ccccc1)c1nc(-c2ccc(Cl)cc2)cs1. The van der Waals surface area contributed by atoms with Gasteiger partial charge in [0.15, 0.2) is 11.7 Å². The Morgan fingerprint density at radius 3 is 2.43 bits per heavy atom. The lowest BCUT2D eigenvalue weighted by molar-refractivity contribution is -0.196. The summed E-state index contributed by atoms with van der Waals surface area (Å²) in [4.78, 5) is 33.1. The van der Waals surface area contributed by atoms with Crippen LogP contribution in [0.25, 0.3) is 11.3 Å². The number of esters is 1. The summed E-state index contributed by atoms with van der Waals surface area (Å²) >= 11 is 7.40. The quantitative estimate of drug-likeness (QED) is 0.382. The number of amides is 1. The predicted octanol–water partition coefficient (Wildman–Crippen LogP) is 5.87. The highest BCUT2D eigenvalue weighted by atomic mass is 35.5. The second-order valence-corrected chi connectivity index (χ2v) is 12.3. The average molecular weight is 537 g/mol. The molecule has 7 rings (SSSR count). The zero-order valence-electron chi connectivity index (χ0n) is 20.4. The Bertz CT molecular complexity index is 1290. The number of carbonyl (C=O) groups excluding carboxylic acids is 2. The number of ether oxygens (including phenoxy) is 1. The van der Waals surface area contributed by atoms with E-state index in [4.69, 9.17) is 21.3 Å². The molecule has 0 saturated heterocycles. The second-order valence-electron chi connectivity index (χ2n) is 11.0. The van der Waals surface area contributed by atoms with Gasteiger partial charge in [0.05, 0.1) is 23.3 Å². The number of nitrogens with zero attached hydrogens (tertiary/aromatic N) is 2. The zero-order chi connectivity index (χ0) is 25.6. The van der Waals surface area contributed by atoms with Crippen molar-refractivity contribution >= 4 is 39.9 Å². The number of halogens is 1. The Balaban J connectivity index is 1.20. The molecule has 2 aromatic carbocycles. The molecule has 4 bridgehead atoms. The molecule has 1 amide bonds. The Hall–Kier alpha value is -2.74.